The molecule has 0 saturated heterocycles. The van der Waals surface area contributed by atoms with Gasteiger partial charge in [0.05, 0.1) is 6.10 Å². The lowest BCUT2D eigenvalue weighted by molar-refractivity contribution is 0.232. The van der Waals surface area contributed by atoms with Crippen LogP contribution >= 0.6 is 0 Å². The summed E-state index contributed by atoms with van der Waals surface area (Å²) in [4.78, 5) is 8.65. The molecular formula is C13H24N4O. The van der Waals surface area contributed by atoms with Gasteiger partial charge < -0.3 is 15.4 Å². The summed E-state index contributed by atoms with van der Waals surface area (Å²) >= 11 is 0. The first-order chi connectivity index (χ1) is 8.47. The Labute approximate surface area is 109 Å². The van der Waals surface area contributed by atoms with E-state index >= 15 is 0 Å². The van der Waals surface area contributed by atoms with Crippen LogP contribution in [0.3, 0.4) is 0 Å². The maximum absolute atomic E-state index is 5.57. The third-order valence-corrected chi connectivity index (χ3v) is 2.15. The van der Waals surface area contributed by atoms with Crippen LogP contribution in [-0.2, 0) is 0 Å². The van der Waals surface area contributed by atoms with E-state index in [1.807, 2.05) is 26.8 Å². The van der Waals surface area contributed by atoms with Crippen LogP contribution < -0.4 is 15.4 Å². The molecule has 18 heavy (non-hydrogen) atoms. The Bertz CT molecular complexity index is 366. The highest BCUT2D eigenvalue weighted by Crippen LogP contribution is 2.13. The van der Waals surface area contributed by atoms with Gasteiger partial charge in [0.25, 0.3) is 0 Å². The van der Waals surface area contributed by atoms with E-state index in [0.717, 1.165) is 18.8 Å². The van der Waals surface area contributed by atoms with Crippen LogP contribution in [0.1, 0.15) is 33.4 Å². The molecule has 0 spiro atoms. The van der Waals surface area contributed by atoms with Gasteiger partial charge in [0.1, 0.15) is 0 Å². The second-order valence-electron chi connectivity index (χ2n) is 4.87. The predicted octanol–water partition coefficient (Wildman–Crippen LogP) is 1.98. The lowest BCUT2D eigenvalue weighted by Gasteiger charge is -2.12. The number of nitrogens with zero attached hydrogens (tertiary/aromatic N) is 2. The number of ether oxygens (including phenoxy) is 1. The van der Waals surface area contributed by atoms with Crippen molar-refractivity contribution >= 4 is 5.95 Å². The highest BCUT2D eigenvalue weighted by molar-refractivity contribution is 5.30. The summed E-state index contributed by atoms with van der Waals surface area (Å²) in [6.07, 6.45) is 0.120. The van der Waals surface area contributed by atoms with Crippen LogP contribution in [0.25, 0.3) is 0 Å². The van der Waals surface area contributed by atoms with Gasteiger partial charge in [-0.05, 0) is 20.8 Å². The molecule has 0 saturated carbocycles. The van der Waals surface area contributed by atoms with E-state index in [1.54, 1.807) is 0 Å². The Kier molecular flexibility index (Phi) is 5.85. The standard InChI is InChI=1S/C13H24N4O/c1-9(2)14-6-7-15-13-16-11(5)8-12(17-13)18-10(3)4/h8-10,14H,6-7H2,1-5H3,(H,15,16,17). The third kappa shape index (κ3) is 5.82. The lowest BCUT2D eigenvalue weighted by atomic mass is 10.4. The highest BCUT2D eigenvalue weighted by Gasteiger charge is 2.04. The Morgan fingerprint density at radius 2 is 1.89 bits per heavy atom. The molecule has 5 heteroatoms. The molecule has 0 aromatic carbocycles. The van der Waals surface area contributed by atoms with Crippen molar-refractivity contribution in [1.29, 1.82) is 0 Å². The van der Waals surface area contributed by atoms with Gasteiger partial charge in [-0.1, -0.05) is 13.8 Å². The summed E-state index contributed by atoms with van der Waals surface area (Å²) in [5.74, 6) is 1.24. The number of aromatic nitrogens is 2. The van der Waals surface area contributed by atoms with E-state index in [0.29, 0.717) is 17.9 Å². The van der Waals surface area contributed by atoms with Crippen LogP contribution in [0.2, 0.25) is 0 Å². The molecule has 1 aromatic rings. The number of hydrogen-bond donors (Lipinski definition) is 2. The first kappa shape index (κ1) is 14.7. The average molecular weight is 252 g/mol. The molecule has 0 amide bonds. The summed E-state index contributed by atoms with van der Waals surface area (Å²) in [5.41, 5.74) is 0.903. The Morgan fingerprint density at radius 3 is 2.50 bits per heavy atom. The predicted molar refractivity (Wildman–Crippen MR) is 74.2 cm³/mol. The molecular weight excluding hydrogens is 228 g/mol. The molecule has 1 aromatic heterocycles. The van der Waals surface area contributed by atoms with Crippen molar-refractivity contribution in [1.82, 2.24) is 15.3 Å². The van der Waals surface area contributed by atoms with Crippen LogP contribution in [0.5, 0.6) is 5.88 Å². The summed E-state index contributed by atoms with van der Waals surface area (Å²) in [6, 6.07) is 2.34. The highest BCUT2D eigenvalue weighted by atomic mass is 16.5. The fraction of sp³-hybridized carbons (Fsp3) is 0.692. The van der Waals surface area contributed by atoms with Gasteiger partial charge >= 0.3 is 0 Å². The molecule has 0 atom stereocenters. The van der Waals surface area contributed by atoms with E-state index < -0.39 is 0 Å². The minimum absolute atomic E-state index is 0.120. The molecule has 0 radical (unpaired) electrons. The van der Waals surface area contributed by atoms with Crippen molar-refractivity contribution in [3.05, 3.63) is 11.8 Å². The fourth-order valence-corrected chi connectivity index (χ4v) is 1.46. The van der Waals surface area contributed by atoms with E-state index in [-0.39, 0.29) is 6.10 Å². The summed E-state index contributed by atoms with van der Waals surface area (Å²) < 4.78 is 5.57. The maximum atomic E-state index is 5.57. The van der Waals surface area contributed by atoms with Gasteiger partial charge in [-0.15, -0.1) is 0 Å². The lowest BCUT2D eigenvalue weighted by Crippen LogP contribution is -2.28. The maximum Gasteiger partial charge on any atom is 0.226 e. The zero-order valence-electron chi connectivity index (χ0n) is 11.9. The molecule has 0 bridgehead atoms. The Balaban J connectivity index is 2.51. The minimum atomic E-state index is 0.120. The van der Waals surface area contributed by atoms with Crippen LogP contribution in [0.4, 0.5) is 5.95 Å². The molecule has 102 valence electrons. The molecule has 0 aliphatic rings. The quantitative estimate of drug-likeness (QED) is 0.727. The van der Waals surface area contributed by atoms with Crippen molar-refractivity contribution in [2.24, 2.45) is 0 Å². The smallest absolute Gasteiger partial charge is 0.226 e. The first-order valence-corrected chi connectivity index (χ1v) is 6.47. The molecule has 1 heterocycles. The Morgan fingerprint density at radius 1 is 1.17 bits per heavy atom. The SMILES string of the molecule is Cc1cc(OC(C)C)nc(NCCNC(C)C)n1. The fourth-order valence-electron chi connectivity index (χ4n) is 1.46. The summed E-state index contributed by atoms with van der Waals surface area (Å²) in [7, 11) is 0. The van der Waals surface area contributed by atoms with E-state index in [9.17, 15) is 0 Å². The molecule has 1 rings (SSSR count). The van der Waals surface area contributed by atoms with Gasteiger partial charge in [-0.2, -0.15) is 4.98 Å². The Hall–Kier alpha value is -1.36. The third-order valence-electron chi connectivity index (χ3n) is 2.15. The molecule has 0 unspecified atom stereocenters. The average Bonchev–Trinajstić information content (AvgIpc) is 2.22. The van der Waals surface area contributed by atoms with Gasteiger partial charge in [-0.3, -0.25) is 0 Å². The molecule has 0 aliphatic carbocycles. The minimum Gasteiger partial charge on any atom is -0.475 e. The second kappa shape index (κ2) is 7.16. The molecule has 5 nitrogen and oxygen atoms in total. The molecule has 0 fully saturated rings. The monoisotopic (exact) mass is 252 g/mol. The van der Waals surface area contributed by atoms with E-state index in [4.69, 9.17) is 4.74 Å². The molecule has 2 N–H and O–H groups in total. The topological polar surface area (TPSA) is 59.1 Å². The first-order valence-electron chi connectivity index (χ1n) is 6.47. The van der Waals surface area contributed by atoms with Crippen molar-refractivity contribution in [2.45, 2.75) is 46.8 Å². The number of nitrogens with one attached hydrogen (secondary N) is 2. The van der Waals surface area contributed by atoms with Gasteiger partial charge in [-0.25, -0.2) is 4.98 Å². The number of rotatable bonds is 7. The number of hydrogen-bond acceptors (Lipinski definition) is 5. The van der Waals surface area contributed by atoms with Crippen molar-refractivity contribution in [3.8, 4) is 5.88 Å². The second-order valence-corrected chi connectivity index (χ2v) is 4.87. The van der Waals surface area contributed by atoms with Crippen LogP contribution in [0, 0.1) is 6.92 Å². The summed E-state index contributed by atoms with van der Waals surface area (Å²) in [6.45, 7) is 11.8. The summed E-state index contributed by atoms with van der Waals surface area (Å²) in [5, 5.41) is 6.52. The van der Waals surface area contributed by atoms with Crippen LogP contribution in [-0.4, -0.2) is 35.2 Å². The van der Waals surface area contributed by atoms with Gasteiger partial charge in [0.2, 0.25) is 11.8 Å². The van der Waals surface area contributed by atoms with Gasteiger partial charge in [0.15, 0.2) is 0 Å². The zero-order valence-corrected chi connectivity index (χ0v) is 11.9. The van der Waals surface area contributed by atoms with E-state index in [2.05, 4.69) is 34.4 Å². The number of anilines is 1. The van der Waals surface area contributed by atoms with Crippen molar-refractivity contribution < 1.29 is 4.74 Å². The van der Waals surface area contributed by atoms with E-state index in [1.165, 1.54) is 0 Å². The molecule has 0 aliphatic heterocycles. The van der Waals surface area contributed by atoms with Crippen molar-refractivity contribution in [2.75, 3.05) is 18.4 Å². The largest absolute Gasteiger partial charge is 0.475 e. The van der Waals surface area contributed by atoms with Gasteiger partial charge in [0, 0.05) is 30.9 Å². The van der Waals surface area contributed by atoms with Crippen LogP contribution in [0.15, 0.2) is 6.07 Å². The normalized spacial score (nSPS) is 11.1. The number of aryl methyl sites for hydroxylation is 1. The zero-order chi connectivity index (χ0) is 13.5. The van der Waals surface area contributed by atoms with Crippen molar-refractivity contribution in [3.63, 3.8) is 0 Å².